The van der Waals surface area contributed by atoms with Crippen LogP contribution in [0.5, 0.6) is 0 Å². The van der Waals surface area contributed by atoms with E-state index in [4.69, 9.17) is 0 Å². The van der Waals surface area contributed by atoms with E-state index < -0.39 is 0 Å². The van der Waals surface area contributed by atoms with Crippen LogP contribution in [0, 0.1) is 5.92 Å². The van der Waals surface area contributed by atoms with Gasteiger partial charge < -0.3 is 10.2 Å². The van der Waals surface area contributed by atoms with Crippen molar-refractivity contribution in [2.45, 2.75) is 26.8 Å². The minimum Gasteiger partial charge on any atom is -0.369 e. The molecule has 1 heterocycles. The van der Waals surface area contributed by atoms with E-state index in [1.165, 1.54) is 25.3 Å². The molecule has 0 spiro atoms. The van der Waals surface area contributed by atoms with E-state index in [1.54, 1.807) is 0 Å². The first-order chi connectivity index (χ1) is 9.66. The van der Waals surface area contributed by atoms with E-state index >= 15 is 0 Å². The molecule has 1 aromatic rings. The number of para-hydroxylation sites is 1. The highest BCUT2D eigenvalue weighted by atomic mass is 15.3. The molecular weight excluding hydrogens is 246 g/mol. The van der Waals surface area contributed by atoms with Crippen molar-refractivity contribution in [3.05, 3.63) is 30.3 Å². The molecule has 20 heavy (non-hydrogen) atoms. The highest BCUT2D eigenvalue weighted by molar-refractivity contribution is 5.46. The Balaban J connectivity index is 1.67. The average molecular weight is 275 g/mol. The number of benzene rings is 1. The van der Waals surface area contributed by atoms with Gasteiger partial charge in [0.15, 0.2) is 0 Å². The number of rotatable bonds is 6. The van der Waals surface area contributed by atoms with Gasteiger partial charge in [0.05, 0.1) is 0 Å². The van der Waals surface area contributed by atoms with Gasteiger partial charge in [0.25, 0.3) is 0 Å². The molecule has 1 fully saturated rings. The lowest BCUT2D eigenvalue weighted by Crippen LogP contribution is -2.48. The maximum absolute atomic E-state index is 3.62. The van der Waals surface area contributed by atoms with Gasteiger partial charge in [-0.15, -0.1) is 0 Å². The quantitative estimate of drug-likeness (QED) is 0.860. The van der Waals surface area contributed by atoms with E-state index in [-0.39, 0.29) is 0 Å². The molecule has 1 saturated heterocycles. The van der Waals surface area contributed by atoms with E-state index in [0.29, 0.717) is 12.0 Å². The Morgan fingerprint density at radius 1 is 1.00 bits per heavy atom. The molecule has 0 saturated carbocycles. The maximum Gasteiger partial charge on any atom is 0.0367 e. The van der Waals surface area contributed by atoms with Gasteiger partial charge in [0, 0.05) is 51.0 Å². The smallest absolute Gasteiger partial charge is 0.0367 e. The average Bonchev–Trinajstić information content (AvgIpc) is 2.48. The van der Waals surface area contributed by atoms with Crippen LogP contribution < -0.4 is 10.2 Å². The molecule has 0 aromatic heterocycles. The lowest BCUT2D eigenvalue weighted by Gasteiger charge is -2.36. The third-order valence-corrected chi connectivity index (χ3v) is 4.39. The Kier molecular flexibility index (Phi) is 5.86. The molecule has 1 N–H and O–H groups in total. The van der Waals surface area contributed by atoms with Gasteiger partial charge in [0.2, 0.25) is 0 Å². The summed E-state index contributed by atoms with van der Waals surface area (Å²) in [5.74, 6) is 0.713. The van der Waals surface area contributed by atoms with Crippen LogP contribution in [-0.2, 0) is 0 Å². The Hall–Kier alpha value is -1.06. The van der Waals surface area contributed by atoms with Crippen molar-refractivity contribution in [3.8, 4) is 0 Å². The molecule has 0 radical (unpaired) electrons. The van der Waals surface area contributed by atoms with Crippen molar-refractivity contribution in [3.63, 3.8) is 0 Å². The Morgan fingerprint density at radius 3 is 2.25 bits per heavy atom. The molecule has 1 aliphatic rings. The fourth-order valence-electron chi connectivity index (χ4n) is 2.55. The van der Waals surface area contributed by atoms with Crippen molar-refractivity contribution >= 4 is 5.69 Å². The van der Waals surface area contributed by atoms with Crippen LogP contribution in [0.1, 0.15) is 20.8 Å². The van der Waals surface area contributed by atoms with E-state index in [2.05, 4.69) is 66.2 Å². The third-order valence-electron chi connectivity index (χ3n) is 4.39. The normalized spacial score (nSPS) is 18.5. The van der Waals surface area contributed by atoms with Crippen LogP contribution in [0.15, 0.2) is 30.3 Å². The summed E-state index contributed by atoms with van der Waals surface area (Å²) < 4.78 is 0. The van der Waals surface area contributed by atoms with E-state index in [0.717, 1.165) is 19.6 Å². The number of piperazine rings is 1. The Labute approximate surface area is 124 Å². The van der Waals surface area contributed by atoms with Crippen LogP contribution in [0.3, 0.4) is 0 Å². The number of nitrogens with zero attached hydrogens (tertiary/aromatic N) is 2. The lowest BCUT2D eigenvalue weighted by atomic mass is 10.1. The largest absolute Gasteiger partial charge is 0.369 e. The number of nitrogens with one attached hydrogen (secondary N) is 1. The van der Waals surface area contributed by atoms with Crippen molar-refractivity contribution in [1.82, 2.24) is 10.2 Å². The molecule has 1 aliphatic heterocycles. The first-order valence-electron chi connectivity index (χ1n) is 7.92. The zero-order valence-corrected chi connectivity index (χ0v) is 13.2. The number of anilines is 1. The highest BCUT2D eigenvalue weighted by Gasteiger charge is 2.16. The predicted molar refractivity (Wildman–Crippen MR) is 87.4 cm³/mol. The summed E-state index contributed by atoms with van der Waals surface area (Å²) in [6.45, 7) is 13.7. The summed E-state index contributed by atoms with van der Waals surface area (Å²) in [5.41, 5.74) is 1.36. The molecule has 1 atom stereocenters. The van der Waals surface area contributed by atoms with Gasteiger partial charge in [0.1, 0.15) is 0 Å². The van der Waals surface area contributed by atoms with Crippen molar-refractivity contribution in [1.29, 1.82) is 0 Å². The second-order valence-electron chi connectivity index (χ2n) is 6.15. The third kappa shape index (κ3) is 4.50. The fourth-order valence-corrected chi connectivity index (χ4v) is 2.55. The SMILES string of the molecule is CC(C)C(C)NCCN1CCN(c2ccccc2)CC1. The minimum atomic E-state index is 0.612. The topological polar surface area (TPSA) is 18.5 Å². The van der Waals surface area contributed by atoms with Crippen LogP contribution in [-0.4, -0.2) is 50.2 Å². The van der Waals surface area contributed by atoms with Crippen molar-refractivity contribution in [2.24, 2.45) is 5.92 Å². The first-order valence-corrected chi connectivity index (χ1v) is 7.92. The molecule has 1 unspecified atom stereocenters. The van der Waals surface area contributed by atoms with Gasteiger partial charge in [-0.05, 0) is 25.0 Å². The van der Waals surface area contributed by atoms with Crippen LogP contribution in [0.25, 0.3) is 0 Å². The second-order valence-corrected chi connectivity index (χ2v) is 6.15. The summed E-state index contributed by atoms with van der Waals surface area (Å²) >= 11 is 0. The highest BCUT2D eigenvalue weighted by Crippen LogP contribution is 2.15. The Bertz CT molecular complexity index is 369. The zero-order chi connectivity index (χ0) is 14.4. The lowest BCUT2D eigenvalue weighted by molar-refractivity contribution is 0.251. The van der Waals surface area contributed by atoms with Crippen LogP contribution in [0.2, 0.25) is 0 Å². The summed E-state index contributed by atoms with van der Waals surface area (Å²) in [5, 5.41) is 3.62. The standard InChI is InChI=1S/C17H29N3/c1-15(2)16(3)18-9-10-19-11-13-20(14-12-19)17-7-5-4-6-8-17/h4-8,15-16,18H,9-14H2,1-3H3. The monoisotopic (exact) mass is 275 g/mol. The van der Waals surface area contributed by atoms with Crippen LogP contribution in [0.4, 0.5) is 5.69 Å². The first kappa shape index (κ1) is 15.3. The van der Waals surface area contributed by atoms with E-state index in [1.807, 2.05) is 0 Å². The molecule has 3 nitrogen and oxygen atoms in total. The summed E-state index contributed by atoms with van der Waals surface area (Å²) in [6.07, 6.45) is 0. The van der Waals surface area contributed by atoms with Gasteiger partial charge in [-0.3, -0.25) is 4.90 Å². The van der Waals surface area contributed by atoms with Gasteiger partial charge >= 0.3 is 0 Å². The molecule has 0 amide bonds. The predicted octanol–water partition coefficient (Wildman–Crippen LogP) is 2.44. The molecule has 3 heteroatoms. The summed E-state index contributed by atoms with van der Waals surface area (Å²) in [7, 11) is 0. The zero-order valence-electron chi connectivity index (χ0n) is 13.2. The van der Waals surface area contributed by atoms with Gasteiger partial charge in [-0.25, -0.2) is 0 Å². The molecule has 112 valence electrons. The summed E-state index contributed by atoms with van der Waals surface area (Å²) in [4.78, 5) is 5.06. The minimum absolute atomic E-state index is 0.612. The number of hydrogen-bond donors (Lipinski definition) is 1. The molecule has 2 rings (SSSR count). The van der Waals surface area contributed by atoms with Gasteiger partial charge in [-0.1, -0.05) is 32.0 Å². The fraction of sp³-hybridized carbons (Fsp3) is 0.647. The molecular formula is C17H29N3. The molecule has 0 aliphatic carbocycles. The number of hydrogen-bond acceptors (Lipinski definition) is 3. The second kappa shape index (κ2) is 7.65. The van der Waals surface area contributed by atoms with Crippen LogP contribution >= 0.6 is 0 Å². The maximum atomic E-state index is 3.62. The summed E-state index contributed by atoms with van der Waals surface area (Å²) in [6, 6.07) is 11.4. The molecule has 0 bridgehead atoms. The molecule has 1 aromatic carbocycles. The van der Waals surface area contributed by atoms with Gasteiger partial charge in [-0.2, -0.15) is 0 Å². The van der Waals surface area contributed by atoms with Crippen molar-refractivity contribution < 1.29 is 0 Å². The van der Waals surface area contributed by atoms with Crippen molar-refractivity contribution in [2.75, 3.05) is 44.2 Å². The van der Waals surface area contributed by atoms with E-state index in [9.17, 15) is 0 Å². The Morgan fingerprint density at radius 2 is 1.65 bits per heavy atom.